The molecule has 6 nitrogen and oxygen atoms in total. The smallest absolute Gasteiger partial charge is 0.335 e. The molecule has 1 amide bonds. The van der Waals surface area contributed by atoms with Gasteiger partial charge >= 0.3 is 5.97 Å². The van der Waals surface area contributed by atoms with Crippen LogP contribution < -0.4 is 5.32 Å². The molecule has 1 aliphatic rings. The molecule has 0 atom stereocenters. The topological polar surface area (TPSA) is 86.7 Å². The van der Waals surface area contributed by atoms with Crippen molar-refractivity contribution in [2.75, 3.05) is 25.0 Å². The van der Waals surface area contributed by atoms with Gasteiger partial charge in [-0.05, 0) is 68.4 Å². The SMILES string of the molecule is O=C(CN1CCC(C(=O)c2ccc(F)cc2)CC1)Nc1cccc(C(=O)O)c1. The number of carbonyl (C=O) groups excluding carboxylic acids is 2. The van der Waals surface area contributed by atoms with Crippen LogP contribution in [0.5, 0.6) is 0 Å². The highest BCUT2D eigenvalue weighted by atomic mass is 19.1. The number of ketones is 1. The van der Waals surface area contributed by atoms with Crippen molar-refractivity contribution in [1.29, 1.82) is 0 Å². The highest BCUT2D eigenvalue weighted by Crippen LogP contribution is 2.22. The van der Waals surface area contributed by atoms with Gasteiger partial charge < -0.3 is 10.4 Å². The molecule has 0 bridgehead atoms. The zero-order valence-corrected chi connectivity index (χ0v) is 15.2. The van der Waals surface area contributed by atoms with Crippen LogP contribution in [0.1, 0.15) is 33.6 Å². The second-order valence-corrected chi connectivity index (χ2v) is 6.86. The Balaban J connectivity index is 1.49. The van der Waals surface area contributed by atoms with Gasteiger partial charge in [0.15, 0.2) is 5.78 Å². The number of hydrogen-bond acceptors (Lipinski definition) is 4. The van der Waals surface area contributed by atoms with E-state index in [4.69, 9.17) is 5.11 Å². The second kappa shape index (κ2) is 8.75. The Morgan fingerprint density at radius 1 is 1.04 bits per heavy atom. The van der Waals surface area contributed by atoms with Crippen LogP contribution in [0.3, 0.4) is 0 Å². The number of anilines is 1. The number of carboxylic acids is 1. The highest BCUT2D eigenvalue weighted by molar-refractivity contribution is 5.98. The van der Waals surface area contributed by atoms with Crippen molar-refractivity contribution in [3.8, 4) is 0 Å². The Morgan fingerprint density at radius 2 is 1.71 bits per heavy atom. The van der Waals surface area contributed by atoms with E-state index in [1.54, 1.807) is 12.1 Å². The van der Waals surface area contributed by atoms with Gasteiger partial charge in [-0.15, -0.1) is 0 Å². The third-order valence-corrected chi connectivity index (χ3v) is 4.85. The van der Waals surface area contributed by atoms with Gasteiger partial charge in [-0.1, -0.05) is 6.07 Å². The molecule has 2 aromatic carbocycles. The average Bonchev–Trinajstić information content (AvgIpc) is 2.68. The third kappa shape index (κ3) is 5.01. The van der Waals surface area contributed by atoms with Crippen molar-refractivity contribution in [3.05, 3.63) is 65.5 Å². The Bertz CT molecular complexity index is 874. The fraction of sp³-hybridized carbons (Fsp3) is 0.286. The summed E-state index contributed by atoms with van der Waals surface area (Å²) < 4.78 is 13.0. The summed E-state index contributed by atoms with van der Waals surface area (Å²) in [6.07, 6.45) is 1.27. The number of aromatic carboxylic acids is 1. The number of hydrogen-bond donors (Lipinski definition) is 2. The van der Waals surface area contributed by atoms with E-state index in [1.807, 2.05) is 4.90 Å². The van der Waals surface area contributed by atoms with Crippen molar-refractivity contribution in [1.82, 2.24) is 4.90 Å². The van der Waals surface area contributed by atoms with E-state index in [0.717, 1.165) is 0 Å². The molecule has 0 saturated carbocycles. The molecule has 1 heterocycles. The predicted octanol–water partition coefficient (Wildman–Crippen LogP) is 3.06. The summed E-state index contributed by atoms with van der Waals surface area (Å²) in [7, 11) is 0. The predicted molar refractivity (Wildman–Crippen MR) is 102 cm³/mol. The summed E-state index contributed by atoms with van der Waals surface area (Å²) in [6, 6.07) is 11.7. The maximum atomic E-state index is 13.0. The number of carbonyl (C=O) groups is 3. The summed E-state index contributed by atoms with van der Waals surface area (Å²) in [5, 5.41) is 11.7. The Morgan fingerprint density at radius 3 is 2.36 bits per heavy atom. The van der Waals surface area contributed by atoms with Gasteiger partial charge in [0.2, 0.25) is 5.91 Å². The number of carboxylic acid groups (broad SMARTS) is 1. The minimum absolute atomic E-state index is 0.00888. The number of Topliss-reactive ketones (excluding diaryl/α,β-unsaturated/α-hetero) is 1. The number of piperidine rings is 1. The largest absolute Gasteiger partial charge is 0.478 e. The quantitative estimate of drug-likeness (QED) is 0.748. The van der Waals surface area contributed by atoms with Crippen molar-refractivity contribution < 1.29 is 23.9 Å². The lowest BCUT2D eigenvalue weighted by Gasteiger charge is -2.30. The normalized spacial score (nSPS) is 15.2. The molecule has 146 valence electrons. The number of nitrogens with one attached hydrogen (secondary N) is 1. The lowest BCUT2D eigenvalue weighted by Crippen LogP contribution is -2.40. The zero-order chi connectivity index (χ0) is 20.1. The van der Waals surface area contributed by atoms with E-state index < -0.39 is 5.97 Å². The van der Waals surface area contributed by atoms with Crippen molar-refractivity contribution in [3.63, 3.8) is 0 Å². The molecule has 1 aliphatic heterocycles. The average molecular weight is 384 g/mol. The number of benzene rings is 2. The molecular weight excluding hydrogens is 363 g/mol. The van der Waals surface area contributed by atoms with Gasteiger partial charge in [-0.3, -0.25) is 14.5 Å². The van der Waals surface area contributed by atoms with E-state index in [9.17, 15) is 18.8 Å². The van der Waals surface area contributed by atoms with E-state index in [2.05, 4.69) is 5.32 Å². The van der Waals surface area contributed by atoms with Crippen molar-refractivity contribution in [2.24, 2.45) is 5.92 Å². The Hall–Kier alpha value is -3.06. The first kappa shape index (κ1) is 19.7. The van der Waals surface area contributed by atoms with Crippen LogP contribution in [-0.2, 0) is 4.79 Å². The maximum Gasteiger partial charge on any atom is 0.335 e. The molecule has 1 saturated heterocycles. The fourth-order valence-corrected chi connectivity index (χ4v) is 3.34. The fourth-order valence-electron chi connectivity index (χ4n) is 3.34. The van der Waals surface area contributed by atoms with Crippen LogP contribution in [-0.4, -0.2) is 47.3 Å². The standard InChI is InChI=1S/C21H21FN2O4/c22-17-6-4-14(5-7-17)20(26)15-8-10-24(11-9-15)13-19(25)23-18-3-1-2-16(12-18)21(27)28/h1-7,12,15H,8-11,13H2,(H,23,25)(H,27,28). The second-order valence-electron chi connectivity index (χ2n) is 6.86. The van der Waals surface area contributed by atoms with Gasteiger partial charge in [0.1, 0.15) is 5.82 Å². The van der Waals surface area contributed by atoms with Crippen LogP contribution >= 0.6 is 0 Å². The molecule has 7 heteroatoms. The molecular formula is C21H21FN2O4. The highest BCUT2D eigenvalue weighted by Gasteiger charge is 2.26. The molecule has 0 aliphatic carbocycles. The summed E-state index contributed by atoms with van der Waals surface area (Å²) in [5.74, 6) is -1.77. The van der Waals surface area contributed by atoms with Crippen LogP contribution in [0.2, 0.25) is 0 Å². The van der Waals surface area contributed by atoms with Gasteiger partial charge in [-0.2, -0.15) is 0 Å². The molecule has 0 unspecified atom stereocenters. The molecule has 2 aromatic rings. The molecule has 0 aromatic heterocycles. The monoisotopic (exact) mass is 384 g/mol. The first-order valence-corrected chi connectivity index (χ1v) is 9.08. The lowest BCUT2D eigenvalue weighted by molar-refractivity contribution is -0.117. The third-order valence-electron chi connectivity index (χ3n) is 4.85. The minimum atomic E-state index is -1.05. The number of amides is 1. The van der Waals surface area contributed by atoms with Gasteiger partial charge in [0, 0.05) is 17.2 Å². The Kier molecular flexibility index (Phi) is 6.16. The summed E-state index contributed by atoms with van der Waals surface area (Å²) in [5.41, 5.74) is 1.06. The van der Waals surface area contributed by atoms with Gasteiger partial charge in [0.05, 0.1) is 12.1 Å². The van der Waals surface area contributed by atoms with Crippen LogP contribution in [0.4, 0.5) is 10.1 Å². The summed E-state index contributed by atoms with van der Waals surface area (Å²) in [4.78, 5) is 37.7. The Labute approximate surface area is 162 Å². The summed E-state index contributed by atoms with van der Waals surface area (Å²) >= 11 is 0. The van der Waals surface area contributed by atoms with Gasteiger partial charge in [0.25, 0.3) is 0 Å². The number of halogens is 1. The zero-order valence-electron chi connectivity index (χ0n) is 15.2. The van der Waals surface area contributed by atoms with Gasteiger partial charge in [-0.25, -0.2) is 9.18 Å². The van der Waals surface area contributed by atoms with Crippen LogP contribution in [0.25, 0.3) is 0 Å². The number of rotatable bonds is 6. The van der Waals surface area contributed by atoms with Crippen molar-refractivity contribution >= 4 is 23.3 Å². The van der Waals surface area contributed by atoms with E-state index in [1.165, 1.54) is 36.4 Å². The molecule has 2 N–H and O–H groups in total. The minimum Gasteiger partial charge on any atom is -0.478 e. The van der Waals surface area contributed by atoms with E-state index >= 15 is 0 Å². The molecule has 28 heavy (non-hydrogen) atoms. The first-order valence-electron chi connectivity index (χ1n) is 9.08. The number of likely N-dealkylation sites (tertiary alicyclic amines) is 1. The lowest BCUT2D eigenvalue weighted by atomic mass is 9.89. The first-order chi connectivity index (χ1) is 13.4. The molecule has 0 spiro atoms. The summed E-state index contributed by atoms with van der Waals surface area (Å²) in [6.45, 7) is 1.40. The van der Waals surface area contributed by atoms with E-state index in [-0.39, 0.29) is 35.5 Å². The van der Waals surface area contributed by atoms with E-state index in [0.29, 0.717) is 37.2 Å². The van der Waals surface area contributed by atoms with Crippen molar-refractivity contribution in [2.45, 2.75) is 12.8 Å². The molecule has 1 fully saturated rings. The van der Waals surface area contributed by atoms with Crippen LogP contribution in [0.15, 0.2) is 48.5 Å². The molecule has 3 rings (SSSR count). The molecule has 0 radical (unpaired) electrons. The van der Waals surface area contributed by atoms with Crippen LogP contribution in [0, 0.1) is 11.7 Å². The maximum absolute atomic E-state index is 13.0. The number of nitrogens with zero attached hydrogens (tertiary/aromatic N) is 1.